The van der Waals surface area contributed by atoms with E-state index in [0.717, 1.165) is 37.7 Å². The lowest BCUT2D eigenvalue weighted by atomic mass is 9.62. The van der Waals surface area contributed by atoms with Crippen molar-refractivity contribution in [3.05, 3.63) is 59.3 Å². The monoisotopic (exact) mass is 442 g/mol. The Labute approximate surface area is 194 Å². The van der Waals surface area contributed by atoms with Gasteiger partial charge in [0, 0.05) is 6.42 Å². The lowest BCUT2D eigenvalue weighted by Gasteiger charge is -2.42. The third-order valence-electron chi connectivity index (χ3n) is 8.51. The van der Waals surface area contributed by atoms with E-state index in [1.54, 1.807) is 5.57 Å². The zero-order valence-electron chi connectivity index (χ0n) is 20.5. The Hall–Kier alpha value is -1.45. The van der Waals surface area contributed by atoms with Crippen molar-refractivity contribution in [2.24, 2.45) is 17.3 Å². The second kappa shape index (κ2) is 10.2. The second-order valence-corrected chi connectivity index (χ2v) is 10.6. The summed E-state index contributed by atoms with van der Waals surface area (Å²) in [6.45, 7) is 12.7. The predicted molar refractivity (Wildman–Crippen MR) is 132 cm³/mol. The summed E-state index contributed by atoms with van der Waals surface area (Å²) >= 11 is 0. The van der Waals surface area contributed by atoms with E-state index in [0.29, 0.717) is 23.8 Å². The Morgan fingerprint density at radius 1 is 1.31 bits per heavy atom. The molecule has 2 nitrogen and oxygen atoms in total. The molecule has 0 saturated heterocycles. The van der Waals surface area contributed by atoms with Crippen molar-refractivity contribution >= 4 is 0 Å². The Morgan fingerprint density at radius 2 is 2.03 bits per heavy atom. The molecule has 0 aromatic rings. The highest BCUT2D eigenvalue weighted by atomic mass is 19.1. The fourth-order valence-electron chi connectivity index (χ4n) is 6.15. The quantitative estimate of drug-likeness (QED) is 0.411. The summed E-state index contributed by atoms with van der Waals surface area (Å²) < 4.78 is 14.1. The van der Waals surface area contributed by atoms with Crippen LogP contribution in [0.3, 0.4) is 0 Å². The molecule has 178 valence electrons. The summed E-state index contributed by atoms with van der Waals surface area (Å²) in [6.07, 6.45) is 16.8. The van der Waals surface area contributed by atoms with Crippen molar-refractivity contribution in [1.29, 1.82) is 0 Å². The van der Waals surface area contributed by atoms with Crippen LogP contribution in [0, 0.1) is 17.3 Å². The summed E-state index contributed by atoms with van der Waals surface area (Å²) in [7, 11) is 0. The molecule has 2 N–H and O–H groups in total. The van der Waals surface area contributed by atoms with Gasteiger partial charge in [0.25, 0.3) is 0 Å². The minimum Gasteiger partial charge on any atom is -0.393 e. The first-order valence-corrected chi connectivity index (χ1v) is 12.6. The maximum absolute atomic E-state index is 14.1. The molecular weight excluding hydrogens is 399 g/mol. The van der Waals surface area contributed by atoms with Gasteiger partial charge in [0.05, 0.1) is 11.7 Å². The van der Waals surface area contributed by atoms with E-state index < -0.39 is 17.9 Å². The van der Waals surface area contributed by atoms with Crippen LogP contribution in [0.15, 0.2) is 59.3 Å². The Kier molecular flexibility index (Phi) is 8.04. The molecule has 0 aromatic carbocycles. The summed E-state index contributed by atoms with van der Waals surface area (Å²) in [4.78, 5) is 0. The molecule has 3 heteroatoms. The third-order valence-corrected chi connectivity index (χ3v) is 8.51. The molecule has 0 heterocycles. The third kappa shape index (κ3) is 5.20. The van der Waals surface area contributed by atoms with E-state index in [9.17, 15) is 14.6 Å². The highest BCUT2D eigenvalue weighted by Gasteiger charge is 2.45. The van der Waals surface area contributed by atoms with Gasteiger partial charge in [0.1, 0.15) is 6.17 Å². The highest BCUT2D eigenvalue weighted by Crippen LogP contribution is 2.57. The number of rotatable bonds is 7. The number of aliphatic hydroxyl groups excluding tert-OH is 1. The van der Waals surface area contributed by atoms with Gasteiger partial charge in [-0.25, -0.2) is 4.39 Å². The smallest absolute Gasteiger partial charge is 0.127 e. The van der Waals surface area contributed by atoms with Crippen LogP contribution >= 0.6 is 0 Å². The van der Waals surface area contributed by atoms with Crippen molar-refractivity contribution in [2.75, 3.05) is 0 Å². The lowest BCUT2D eigenvalue weighted by molar-refractivity contribution is 0.0824. The topological polar surface area (TPSA) is 40.5 Å². The average Bonchev–Trinajstić information content (AvgIpc) is 3.12. The fourth-order valence-corrected chi connectivity index (χ4v) is 6.15. The van der Waals surface area contributed by atoms with Crippen LogP contribution in [0.5, 0.6) is 0 Å². The summed E-state index contributed by atoms with van der Waals surface area (Å²) in [5, 5.41) is 20.5. The zero-order valence-corrected chi connectivity index (χ0v) is 20.5. The number of fused-ring (bicyclic) bond motifs is 1. The molecule has 0 aromatic heterocycles. The lowest BCUT2D eigenvalue weighted by Crippen LogP contribution is -2.32. The van der Waals surface area contributed by atoms with Crippen molar-refractivity contribution in [1.82, 2.24) is 0 Å². The number of aliphatic hydroxyl groups is 2. The average molecular weight is 443 g/mol. The van der Waals surface area contributed by atoms with Crippen LogP contribution in [-0.4, -0.2) is 28.1 Å². The van der Waals surface area contributed by atoms with Gasteiger partial charge >= 0.3 is 0 Å². The maximum Gasteiger partial charge on any atom is 0.127 e. The van der Waals surface area contributed by atoms with Crippen LogP contribution < -0.4 is 0 Å². The minimum absolute atomic E-state index is 0.168. The molecule has 5 atom stereocenters. The van der Waals surface area contributed by atoms with Gasteiger partial charge in [-0.05, 0) is 79.8 Å². The van der Waals surface area contributed by atoms with E-state index in [4.69, 9.17) is 0 Å². The van der Waals surface area contributed by atoms with Gasteiger partial charge in [0.2, 0.25) is 0 Å². The SMILES string of the molecule is C=C1C(=CC=C2CCC[C@]3(C)C([C@@H](C)CC=CC(O)(CC)CC)=CCC23)CC(O)C[C@@H]1F. The molecule has 0 aliphatic heterocycles. The van der Waals surface area contributed by atoms with Gasteiger partial charge < -0.3 is 10.2 Å². The van der Waals surface area contributed by atoms with Crippen molar-refractivity contribution in [2.45, 2.75) is 103 Å². The molecule has 3 aliphatic carbocycles. The van der Waals surface area contributed by atoms with Crippen molar-refractivity contribution in [3.63, 3.8) is 0 Å². The molecule has 0 spiro atoms. The van der Waals surface area contributed by atoms with Crippen LogP contribution in [0.4, 0.5) is 4.39 Å². The maximum atomic E-state index is 14.1. The largest absolute Gasteiger partial charge is 0.393 e. The molecule has 0 radical (unpaired) electrons. The molecule has 0 amide bonds. The van der Waals surface area contributed by atoms with Gasteiger partial charge in [-0.15, -0.1) is 0 Å². The number of alkyl halides is 1. The van der Waals surface area contributed by atoms with E-state index in [2.05, 4.69) is 38.7 Å². The molecule has 32 heavy (non-hydrogen) atoms. The predicted octanol–water partition coefficient (Wildman–Crippen LogP) is 7.16. The molecule has 2 unspecified atom stereocenters. The van der Waals surface area contributed by atoms with Gasteiger partial charge in [-0.1, -0.05) is 75.8 Å². The van der Waals surface area contributed by atoms with Gasteiger partial charge in [0.15, 0.2) is 0 Å². The van der Waals surface area contributed by atoms with Crippen molar-refractivity contribution in [3.8, 4) is 0 Å². The molecular formula is C29H43FO2. The Morgan fingerprint density at radius 3 is 2.72 bits per heavy atom. The van der Waals surface area contributed by atoms with Gasteiger partial charge in [-0.3, -0.25) is 0 Å². The molecule has 0 bridgehead atoms. The van der Waals surface area contributed by atoms with E-state index in [-0.39, 0.29) is 11.8 Å². The normalized spacial score (nSPS) is 34.9. The van der Waals surface area contributed by atoms with E-state index >= 15 is 0 Å². The molecule has 2 saturated carbocycles. The van der Waals surface area contributed by atoms with Crippen LogP contribution in [-0.2, 0) is 0 Å². The molecule has 3 aliphatic rings. The van der Waals surface area contributed by atoms with E-state index in [1.165, 1.54) is 18.4 Å². The van der Waals surface area contributed by atoms with Crippen LogP contribution in [0.2, 0.25) is 0 Å². The number of hydrogen-bond donors (Lipinski definition) is 2. The first-order chi connectivity index (χ1) is 15.1. The minimum atomic E-state index is -1.13. The van der Waals surface area contributed by atoms with E-state index in [1.807, 2.05) is 26.0 Å². The number of halogens is 1. The first-order valence-electron chi connectivity index (χ1n) is 12.6. The van der Waals surface area contributed by atoms with Crippen LogP contribution in [0.25, 0.3) is 0 Å². The fraction of sp³-hybridized carbons (Fsp3) is 0.655. The summed E-state index contributed by atoms with van der Waals surface area (Å²) in [5.74, 6) is 0.957. The molecule has 2 fully saturated rings. The van der Waals surface area contributed by atoms with Crippen LogP contribution in [0.1, 0.15) is 85.5 Å². The summed E-state index contributed by atoms with van der Waals surface area (Å²) in [5.41, 5.74) is 3.90. The number of hydrogen-bond acceptors (Lipinski definition) is 2. The number of allylic oxidation sites excluding steroid dienone is 7. The Bertz CT molecular complexity index is 813. The Balaban J connectivity index is 1.73. The highest BCUT2D eigenvalue weighted by molar-refractivity contribution is 5.40. The summed E-state index contributed by atoms with van der Waals surface area (Å²) in [6, 6.07) is 0. The van der Waals surface area contributed by atoms with Gasteiger partial charge in [-0.2, -0.15) is 0 Å². The second-order valence-electron chi connectivity index (χ2n) is 10.6. The standard InChI is InChI=1S/C29H43FO2/c1-6-29(32,7-2)17-8-10-20(3)25-14-15-26-22(11-9-16-28(25,26)5)12-13-23-18-24(31)19-27(30)21(23)4/h8,12-14,17,20,24,26-27,31-32H,4,6-7,9-11,15-16,18-19H2,1-3,5H3/t20-,24?,26?,27-,28+/m0/s1. The first kappa shape index (κ1) is 25.2. The zero-order chi connectivity index (χ0) is 23.5. The van der Waals surface area contributed by atoms with Crippen molar-refractivity contribution < 1.29 is 14.6 Å². The molecule has 3 rings (SSSR count).